The Morgan fingerprint density at radius 2 is 2.04 bits per heavy atom. The van der Waals surface area contributed by atoms with E-state index in [0.29, 0.717) is 5.78 Å². The molecule has 2 N–H and O–H groups in total. The van der Waals surface area contributed by atoms with Gasteiger partial charge in [-0.15, -0.1) is 0 Å². The molecule has 6 unspecified atom stereocenters. The van der Waals surface area contributed by atoms with E-state index in [-0.39, 0.29) is 23.9 Å². The van der Waals surface area contributed by atoms with E-state index in [2.05, 4.69) is 29.3 Å². The van der Waals surface area contributed by atoms with E-state index in [4.69, 9.17) is 0 Å². The second-order valence-electron chi connectivity index (χ2n) is 8.01. The molecule has 3 aliphatic heterocycles. The molecule has 0 radical (unpaired) electrons. The van der Waals surface area contributed by atoms with Crippen molar-refractivity contribution in [2.24, 2.45) is 11.8 Å². The monoisotopic (exact) mass is 312 g/mol. The lowest BCUT2D eigenvalue weighted by Gasteiger charge is -2.60. The van der Waals surface area contributed by atoms with E-state index in [1.165, 1.54) is 0 Å². The fourth-order valence-corrected chi connectivity index (χ4v) is 6.38. The molecule has 4 nitrogen and oxygen atoms in total. The molecule has 3 fully saturated rings. The summed E-state index contributed by atoms with van der Waals surface area (Å²) in [5.41, 5.74) is 0.749. The Morgan fingerprint density at radius 3 is 2.87 bits per heavy atom. The van der Waals surface area contributed by atoms with Crippen LogP contribution in [0.1, 0.15) is 32.3 Å². The summed E-state index contributed by atoms with van der Waals surface area (Å²) >= 11 is 0. The Balaban J connectivity index is 1.87. The van der Waals surface area contributed by atoms with Gasteiger partial charge in [0, 0.05) is 17.5 Å². The summed E-state index contributed by atoms with van der Waals surface area (Å²) in [7, 11) is 0. The topological polar surface area (TPSA) is 52.6 Å². The van der Waals surface area contributed by atoms with Crippen LogP contribution in [0.15, 0.2) is 24.3 Å². The standard InChI is InChI=1S/C19H24N2O2/c1-11-13-7-9-21-10-8-18(16(11)22)14-5-3-4-6-15(14)20-12(2)19(13,23)17(18)21/h3-6,11-13,17,20,23H,7-10H2,1-2H3. The van der Waals surface area contributed by atoms with E-state index >= 15 is 0 Å². The molecule has 1 saturated carbocycles. The van der Waals surface area contributed by atoms with Gasteiger partial charge in [-0.3, -0.25) is 9.69 Å². The molecule has 0 amide bonds. The second-order valence-corrected chi connectivity index (χ2v) is 8.01. The number of para-hydroxylation sites is 1. The number of nitrogens with zero attached hydrogens (tertiary/aromatic N) is 1. The van der Waals surface area contributed by atoms with Crippen LogP contribution in [0.5, 0.6) is 0 Å². The lowest BCUT2D eigenvalue weighted by atomic mass is 9.50. The molecule has 1 aromatic rings. The zero-order valence-corrected chi connectivity index (χ0v) is 13.7. The fourth-order valence-electron chi connectivity index (χ4n) is 6.38. The molecule has 0 aromatic heterocycles. The van der Waals surface area contributed by atoms with Crippen molar-refractivity contribution in [2.45, 2.75) is 49.8 Å². The van der Waals surface area contributed by atoms with E-state index in [9.17, 15) is 9.90 Å². The number of carbonyl (C=O) groups excluding carboxylic acids is 1. The molecule has 6 atom stereocenters. The first-order valence-corrected chi connectivity index (χ1v) is 8.88. The quantitative estimate of drug-likeness (QED) is 0.767. The minimum absolute atomic E-state index is 0.0549. The van der Waals surface area contributed by atoms with Gasteiger partial charge in [0.15, 0.2) is 0 Å². The van der Waals surface area contributed by atoms with Crippen molar-refractivity contribution in [3.63, 3.8) is 0 Å². The number of nitrogens with one attached hydrogen (secondary N) is 1. The summed E-state index contributed by atoms with van der Waals surface area (Å²) < 4.78 is 0. The largest absolute Gasteiger partial charge is 0.386 e. The normalized spacial score (nSPS) is 47.7. The average Bonchev–Trinajstić information content (AvgIpc) is 2.93. The van der Waals surface area contributed by atoms with Gasteiger partial charge < -0.3 is 10.4 Å². The summed E-state index contributed by atoms with van der Waals surface area (Å²) in [5.74, 6) is 0.328. The molecule has 23 heavy (non-hydrogen) atoms. The van der Waals surface area contributed by atoms with E-state index in [1.54, 1.807) is 0 Å². The van der Waals surface area contributed by atoms with Crippen LogP contribution >= 0.6 is 0 Å². The average molecular weight is 312 g/mol. The van der Waals surface area contributed by atoms with Crippen molar-refractivity contribution in [2.75, 3.05) is 18.4 Å². The Morgan fingerprint density at radius 1 is 1.26 bits per heavy atom. The van der Waals surface area contributed by atoms with Crippen LogP contribution < -0.4 is 5.32 Å². The zero-order valence-electron chi connectivity index (χ0n) is 13.7. The highest BCUT2D eigenvalue weighted by molar-refractivity contribution is 5.97. The number of carbonyl (C=O) groups is 1. The lowest BCUT2D eigenvalue weighted by Crippen LogP contribution is -2.75. The van der Waals surface area contributed by atoms with Gasteiger partial charge in [-0.1, -0.05) is 25.1 Å². The molecular weight excluding hydrogens is 288 g/mol. The van der Waals surface area contributed by atoms with Gasteiger partial charge in [0.1, 0.15) is 11.4 Å². The van der Waals surface area contributed by atoms with Crippen molar-refractivity contribution in [1.29, 1.82) is 0 Å². The highest BCUT2D eigenvalue weighted by atomic mass is 16.3. The Bertz CT molecular complexity index is 704. The molecule has 3 heterocycles. The fraction of sp³-hybridized carbons (Fsp3) is 0.632. The molecule has 0 spiro atoms. The Hall–Kier alpha value is -1.39. The van der Waals surface area contributed by atoms with Crippen LogP contribution in [-0.4, -0.2) is 46.6 Å². The zero-order chi connectivity index (χ0) is 16.0. The number of anilines is 1. The van der Waals surface area contributed by atoms with Crippen LogP contribution in [0.4, 0.5) is 5.69 Å². The Kier molecular flexibility index (Phi) is 2.54. The van der Waals surface area contributed by atoms with E-state index in [1.807, 2.05) is 19.1 Å². The summed E-state index contributed by atoms with van der Waals surface area (Å²) in [6, 6.07) is 8.07. The lowest BCUT2D eigenvalue weighted by molar-refractivity contribution is -0.181. The first kappa shape index (κ1) is 14.0. The van der Waals surface area contributed by atoms with Gasteiger partial charge in [0.2, 0.25) is 0 Å². The highest BCUT2D eigenvalue weighted by Gasteiger charge is 2.72. The summed E-state index contributed by atoms with van der Waals surface area (Å²) in [6.07, 6.45) is 1.75. The van der Waals surface area contributed by atoms with Gasteiger partial charge in [-0.05, 0) is 44.5 Å². The predicted octanol–water partition coefficient (Wildman–Crippen LogP) is 1.78. The first-order valence-electron chi connectivity index (χ1n) is 8.88. The number of piperidine rings is 1. The van der Waals surface area contributed by atoms with Crippen LogP contribution in [0, 0.1) is 11.8 Å². The number of aliphatic hydroxyl groups is 1. The third-order valence-corrected chi connectivity index (χ3v) is 7.31. The number of Topliss-reactive ketones (excluding diaryl/α,β-unsaturated/α-hetero) is 1. The molecule has 4 bridgehead atoms. The van der Waals surface area contributed by atoms with Crippen molar-refractivity contribution in [3.8, 4) is 0 Å². The third-order valence-electron chi connectivity index (χ3n) is 7.31. The van der Waals surface area contributed by atoms with Crippen LogP contribution in [0.2, 0.25) is 0 Å². The van der Waals surface area contributed by atoms with Crippen molar-refractivity contribution < 1.29 is 9.90 Å². The molecular formula is C19H24N2O2. The van der Waals surface area contributed by atoms with Gasteiger partial charge in [-0.2, -0.15) is 0 Å². The van der Waals surface area contributed by atoms with Gasteiger partial charge in [0.25, 0.3) is 0 Å². The summed E-state index contributed by atoms with van der Waals surface area (Å²) in [4.78, 5) is 15.9. The second kappa shape index (κ2) is 4.17. The number of hydrogen-bond donors (Lipinski definition) is 2. The third kappa shape index (κ3) is 1.35. The van der Waals surface area contributed by atoms with Crippen molar-refractivity contribution >= 4 is 11.5 Å². The maximum Gasteiger partial charge on any atom is 0.148 e. The highest BCUT2D eigenvalue weighted by Crippen LogP contribution is 2.60. The summed E-state index contributed by atoms with van der Waals surface area (Å²) in [5, 5.41) is 15.5. The van der Waals surface area contributed by atoms with Crippen molar-refractivity contribution in [3.05, 3.63) is 29.8 Å². The van der Waals surface area contributed by atoms with Gasteiger partial charge in [0.05, 0.1) is 17.5 Å². The smallest absolute Gasteiger partial charge is 0.148 e. The van der Waals surface area contributed by atoms with Crippen LogP contribution in [0.25, 0.3) is 0 Å². The SMILES string of the molecule is CC1C(=O)C23CCN4CCC1C(O)(C(C)Nc1ccccc12)C43. The Labute approximate surface area is 136 Å². The molecule has 1 aromatic carbocycles. The molecule has 4 heteroatoms. The number of ketones is 1. The molecule has 4 aliphatic rings. The summed E-state index contributed by atoms with van der Waals surface area (Å²) in [6.45, 7) is 6.06. The maximum absolute atomic E-state index is 13.5. The minimum atomic E-state index is -0.846. The molecule has 2 saturated heterocycles. The van der Waals surface area contributed by atoms with Gasteiger partial charge >= 0.3 is 0 Å². The van der Waals surface area contributed by atoms with Crippen LogP contribution in [-0.2, 0) is 10.2 Å². The molecule has 1 aliphatic carbocycles. The number of fused-ring (bicyclic) bond motifs is 1. The van der Waals surface area contributed by atoms with E-state index in [0.717, 1.165) is 37.2 Å². The van der Waals surface area contributed by atoms with E-state index < -0.39 is 11.0 Å². The minimum Gasteiger partial charge on any atom is -0.386 e. The van der Waals surface area contributed by atoms with Gasteiger partial charge in [-0.25, -0.2) is 0 Å². The van der Waals surface area contributed by atoms with Crippen LogP contribution in [0.3, 0.4) is 0 Å². The number of rotatable bonds is 0. The number of hydrogen-bond acceptors (Lipinski definition) is 4. The first-order chi connectivity index (χ1) is 11.0. The van der Waals surface area contributed by atoms with Crippen molar-refractivity contribution in [1.82, 2.24) is 4.90 Å². The molecule has 122 valence electrons. The maximum atomic E-state index is 13.5. The predicted molar refractivity (Wildman–Crippen MR) is 88.4 cm³/mol. The number of benzene rings is 1. The molecule has 5 rings (SSSR count).